The van der Waals surface area contributed by atoms with Crippen molar-refractivity contribution in [3.63, 3.8) is 0 Å². The van der Waals surface area contributed by atoms with Crippen LogP contribution in [0.25, 0.3) is 0 Å². The first kappa shape index (κ1) is 24.2. The minimum absolute atomic E-state index is 0.354. The second-order valence-corrected chi connectivity index (χ2v) is 14.1. The van der Waals surface area contributed by atoms with E-state index < -0.39 is 7.92 Å². The van der Waals surface area contributed by atoms with Crippen LogP contribution >= 0.6 is 15.8 Å². The van der Waals surface area contributed by atoms with Crippen molar-refractivity contribution in [3.8, 4) is 0 Å². The molecule has 4 aromatic carbocycles. The van der Waals surface area contributed by atoms with E-state index in [-0.39, 0.29) is 7.92 Å². The van der Waals surface area contributed by atoms with Gasteiger partial charge in [-0.15, -0.1) is 0 Å². The van der Waals surface area contributed by atoms with E-state index in [0.717, 1.165) is 5.92 Å². The van der Waals surface area contributed by atoms with Crippen LogP contribution < -0.4 is 21.2 Å². The van der Waals surface area contributed by atoms with Crippen molar-refractivity contribution in [1.82, 2.24) is 0 Å². The predicted octanol–water partition coefficient (Wildman–Crippen LogP) is 7.71. The van der Waals surface area contributed by atoms with Gasteiger partial charge in [-0.2, -0.15) is 0 Å². The summed E-state index contributed by atoms with van der Waals surface area (Å²) in [5.74, 6) is 3.41. The summed E-state index contributed by atoms with van der Waals surface area (Å²) in [7, 11) is -0.800. The lowest BCUT2D eigenvalue weighted by atomic mass is 9.85. The largest absolute Gasteiger partial charge is 0.0691 e. The van der Waals surface area contributed by atoms with Gasteiger partial charge < -0.3 is 0 Å². The molecule has 1 atom stereocenters. The standard InChI is InChI=1S/C33H34P2/c1-27(35(32-18-10-4-11-19-32)33-20-12-5-13-21-33)29-24-22-28(23-25-29)26-34(30-14-6-2-7-15-30)31-16-8-3-9-17-31/h2-21,26-27,29H,22-25H2,1H3/t27-,29?/m1/s1. The van der Waals surface area contributed by atoms with Gasteiger partial charge in [0.25, 0.3) is 0 Å². The zero-order valence-corrected chi connectivity index (χ0v) is 22.3. The van der Waals surface area contributed by atoms with Crippen LogP contribution in [-0.2, 0) is 0 Å². The average molecular weight is 493 g/mol. The molecule has 0 aliphatic heterocycles. The summed E-state index contributed by atoms with van der Waals surface area (Å²) < 4.78 is 0. The van der Waals surface area contributed by atoms with Crippen molar-refractivity contribution in [1.29, 1.82) is 0 Å². The molecule has 0 spiro atoms. The summed E-state index contributed by atoms with van der Waals surface area (Å²) >= 11 is 0. The third kappa shape index (κ3) is 6.01. The average Bonchev–Trinajstić information content (AvgIpc) is 2.94. The first-order chi connectivity index (χ1) is 17.3. The first-order valence-electron chi connectivity index (χ1n) is 12.8. The van der Waals surface area contributed by atoms with Crippen molar-refractivity contribution in [3.05, 3.63) is 133 Å². The van der Waals surface area contributed by atoms with Gasteiger partial charge in [0.1, 0.15) is 0 Å². The molecular weight excluding hydrogens is 458 g/mol. The van der Waals surface area contributed by atoms with Gasteiger partial charge in [-0.1, -0.05) is 140 Å². The highest BCUT2D eigenvalue weighted by molar-refractivity contribution is 7.75. The van der Waals surface area contributed by atoms with E-state index in [0.29, 0.717) is 5.66 Å². The van der Waals surface area contributed by atoms with Crippen LogP contribution in [0.4, 0.5) is 0 Å². The smallest absolute Gasteiger partial charge is 0.0129 e. The Kier molecular flexibility index (Phi) is 8.25. The van der Waals surface area contributed by atoms with Crippen molar-refractivity contribution in [2.75, 3.05) is 0 Å². The van der Waals surface area contributed by atoms with Crippen LogP contribution in [0, 0.1) is 5.92 Å². The van der Waals surface area contributed by atoms with E-state index in [1.807, 2.05) is 0 Å². The number of hydrogen-bond acceptors (Lipinski definition) is 0. The molecule has 0 unspecified atom stereocenters. The summed E-state index contributed by atoms with van der Waals surface area (Å²) in [5, 5.41) is 5.93. The lowest BCUT2D eigenvalue weighted by Crippen LogP contribution is -2.27. The Bertz CT molecular complexity index is 1110. The lowest BCUT2D eigenvalue weighted by Gasteiger charge is -2.35. The third-order valence-corrected chi connectivity index (χ3v) is 12.5. The van der Waals surface area contributed by atoms with E-state index in [1.165, 1.54) is 46.9 Å². The van der Waals surface area contributed by atoms with Crippen LogP contribution in [0.15, 0.2) is 133 Å². The zero-order valence-electron chi connectivity index (χ0n) is 20.5. The highest BCUT2D eigenvalue weighted by Gasteiger charge is 2.30. The fourth-order valence-corrected chi connectivity index (χ4v) is 10.4. The van der Waals surface area contributed by atoms with E-state index in [9.17, 15) is 0 Å². The highest BCUT2D eigenvalue weighted by Crippen LogP contribution is 2.48. The summed E-state index contributed by atoms with van der Waals surface area (Å²) in [6, 6.07) is 44.7. The number of hydrogen-bond donors (Lipinski definition) is 0. The number of allylic oxidation sites excluding steroid dienone is 1. The summed E-state index contributed by atoms with van der Waals surface area (Å²) in [5.41, 5.74) is 2.34. The van der Waals surface area contributed by atoms with Crippen LogP contribution in [0.3, 0.4) is 0 Å². The summed E-state index contributed by atoms with van der Waals surface area (Å²) in [6.07, 6.45) is 5.08. The molecule has 35 heavy (non-hydrogen) atoms. The Balaban J connectivity index is 1.35. The molecule has 176 valence electrons. The van der Waals surface area contributed by atoms with Gasteiger partial charge in [-0.25, -0.2) is 0 Å². The molecule has 4 aromatic rings. The Morgan fingerprint density at radius 2 is 0.943 bits per heavy atom. The molecule has 0 amide bonds. The van der Waals surface area contributed by atoms with Gasteiger partial charge in [0, 0.05) is 0 Å². The Hall–Kier alpha value is -2.52. The topological polar surface area (TPSA) is 0 Å². The van der Waals surface area contributed by atoms with Gasteiger partial charge >= 0.3 is 0 Å². The maximum atomic E-state index is 2.64. The third-order valence-electron chi connectivity index (χ3n) is 7.21. The quantitative estimate of drug-likeness (QED) is 0.232. The normalized spacial score (nSPS) is 16.9. The molecule has 0 N–H and O–H groups in total. The molecule has 1 fully saturated rings. The van der Waals surface area contributed by atoms with Gasteiger partial charge in [-0.3, -0.25) is 0 Å². The van der Waals surface area contributed by atoms with Crippen molar-refractivity contribution >= 4 is 37.1 Å². The Morgan fingerprint density at radius 3 is 1.34 bits per heavy atom. The van der Waals surface area contributed by atoms with Crippen LogP contribution in [0.2, 0.25) is 0 Å². The molecule has 0 nitrogen and oxygen atoms in total. The molecule has 5 rings (SSSR count). The van der Waals surface area contributed by atoms with Gasteiger partial charge in [-0.05, 0) is 74.3 Å². The number of rotatable bonds is 7. The molecule has 0 bridgehead atoms. The Labute approximate surface area is 213 Å². The van der Waals surface area contributed by atoms with E-state index >= 15 is 0 Å². The van der Waals surface area contributed by atoms with E-state index in [1.54, 1.807) is 5.57 Å². The minimum atomic E-state index is -0.446. The van der Waals surface area contributed by atoms with E-state index in [2.05, 4.69) is 134 Å². The van der Waals surface area contributed by atoms with E-state index in [4.69, 9.17) is 0 Å². The second kappa shape index (κ2) is 11.9. The second-order valence-electron chi connectivity index (χ2n) is 9.45. The monoisotopic (exact) mass is 492 g/mol. The Morgan fingerprint density at radius 1 is 0.571 bits per heavy atom. The summed E-state index contributed by atoms with van der Waals surface area (Å²) in [6.45, 7) is 2.52. The van der Waals surface area contributed by atoms with Gasteiger partial charge in [0.15, 0.2) is 0 Å². The van der Waals surface area contributed by atoms with Gasteiger partial charge in [0.2, 0.25) is 0 Å². The molecule has 0 radical (unpaired) electrons. The lowest BCUT2D eigenvalue weighted by molar-refractivity contribution is 0.405. The van der Waals surface area contributed by atoms with Crippen molar-refractivity contribution < 1.29 is 0 Å². The predicted molar refractivity (Wildman–Crippen MR) is 158 cm³/mol. The molecule has 2 heteroatoms. The minimum Gasteiger partial charge on any atom is -0.0691 e. The molecule has 0 saturated heterocycles. The van der Waals surface area contributed by atoms with Crippen LogP contribution in [0.1, 0.15) is 32.6 Å². The molecule has 1 aliphatic carbocycles. The fourth-order valence-electron chi connectivity index (χ4n) is 5.29. The molecular formula is C33H34P2. The van der Waals surface area contributed by atoms with Crippen LogP contribution in [0.5, 0.6) is 0 Å². The van der Waals surface area contributed by atoms with Crippen molar-refractivity contribution in [2.24, 2.45) is 5.92 Å². The van der Waals surface area contributed by atoms with Gasteiger partial charge in [0.05, 0.1) is 0 Å². The molecule has 0 heterocycles. The first-order valence-corrected chi connectivity index (χ1v) is 15.6. The molecule has 0 aromatic heterocycles. The van der Waals surface area contributed by atoms with Crippen LogP contribution in [-0.4, -0.2) is 5.66 Å². The molecule has 1 aliphatic rings. The highest BCUT2D eigenvalue weighted by atomic mass is 31.1. The molecule has 1 saturated carbocycles. The summed E-state index contributed by atoms with van der Waals surface area (Å²) in [4.78, 5) is 0. The SMILES string of the molecule is C[C@H](C1CCC(=CP(c2ccccc2)c2ccccc2)CC1)P(c1ccccc1)c1ccccc1. The maximum Gasteiger partial charge on any atom is -0.0129 e. The maximum absolute atomic E-state index is 2.64. The fraction of sp³-hybridized carbons (Fsp3) is 0.212. The van der Waals surface area contributed by atoms with Crippen molar-refractivity contribution in [2.45, 2.75) is 38.3 Å². The zero-order chi connectivity index (χ0) is 23.9. The number of benzene rings is 4.